The molecule has 1 aliphatic rings. The summed E-state index contributed by atoms with van der Waals surface area (Å²) >= 11 is 3.31. The van der Waals surface area contributed by atoms with E-state index >= 15 is 0 Å². The molecule has 1 aromatic carbocycles. The van der Waals surface area contributed by atoms with Crippen LogP contribution in [0.5, 0.6) is 5.75 Å². The average molecular weight is 312 g/mol. The Balaban J connectivity index is 1.96. The first-order valence-electron chi connectivity index (χ1n) is 6.39. The first kappa shape index (κ1) is 13.4. The van der Waals surface area contributed by atoms with Gasteiger partial charge in [-0.25, -0.2) is 0 Å². The second-order valence-electron chi connectivity index (χ2n) is 4.52. The molecule has 1 aliphatic carbocycles. The Hall–Kier alpha value is -1.03. The molecule has 98 valence electrons. The van der Waals surface area contributed by atoms with Gasteiger partial charge in [-0.15, -0.1) is 0 Å². The highest BCUT2D eigenvalue weighted by Crippen LogP contribution is 2.19. The Morgan fingerprint density at radius 2 is 2.17 bits per heavy atom. The van der Waals surface area contributed by atoms with E-state index in [9.17, 15) is 4.79 Å². The maximum atomic E-state index is 12.1. The van der Waals surface area contributed by atoms with Crippen LogP contribution in [0.3, 0.4) is 0 Å². The average Bonchev–Trinajstić information content (AvgIpc) is 2.89. The summed E-state index contributed by atoms with van der Waals surface area (Å²) in [6.45, 7) is 0.605. The first-order valence-corrected chi connectivity index (χ1v) is 7.51. The van der Waals surface area contributed by atoms with Gasteiger partial charge in [-0.3, -0.25) is 4.79 Å². The van der Waals surface area contributed by atoms with Gasteiger partial charge in [0.25, 0.3) is 5.91 Å². The topological polar surface area (TPSA) is 38.3 Å². The quantitative estimate of drug-likeness (QED) is 0.848. The molecule has 1 N–H and O–H groups in total. The number of halogens is 1. The van der Waals surface area contributed by atoms with E-state index in [2.05, 4.69) is 21.2 Å². The minimum Gasteiger partial charge on any atom is -0.493 e. The van der Waals surface area contributed by atoms with Crippen molar-refractivity contribution in [2.75, 3.05) is 11.9 Å². The van der Waals surface area contributed by atoms with Gasteiger partial charge in [-0.05, 0) is 31.0 Å². The number of hydrogen-bond donors (Lipinski definition) is 1. The number of ether oxygens (including phenoxy) is 1. The van der Waals surface area contributed by atoms with E-state index in [0.717, 1.165) is 23.9 Å². The molecule has 4 heteroatoms. The summed E-state index contributed by atoms with van der Waals surface area (Å²) in [6, 6.07) is 7.70. The molecule has 0 saturated heterocycles. The van der Waals surface area contributed by atoms with Crippen molar-refractivity contribution in [3.8, 4) is 5.75 Å². The molecule has 0 radical (unpaired) electrons. The SMILES string of the molecule is O=C(NC1CCCC1)c1cccc(OCCBr)c1. The zero-order valence-electron chi connectivity index (χ0n) is 10.3. The minimum absolute atomic E-state index is 0.00573. The maximum Gasteiger partial charge on any atom is 0.251 e. The number of amides is 1. The molecule has 0 aromatic heterocycles. The van der Waals surface area contributed by atoms with Crippen molar-refractivity contribution >= 4 is 21.8 Å². The summed E-state index contributed by atoms with van der Waals surface area (Å²) in [4.78, 5) is 12.1. The van der Waals surface area contributed by atoms with Crippen molar-refractivity contribution < 1.29 is 9.53 Å². The molecular formula is C14H18BrNO2. The van der Waals surface area contributed by atoms with Gasteiger partial charge in [0.1, 0.15) is 5.75 Å². The lowest BCUT2D eigenvalue weighted by atomic mass is 10.1. The van der Waals surface area contributed by atoms with Gasteiger partial charge in [-0.1, -0.05) is 34.8 Å². The largest absolute Gasteiger partial charge is 0.493 e. The highest BCUT2D eigenvalue weighted by Gasteiger charge is 2.17. The van der Waals surface area contributed by atoms with E-state index in [-0.39, 0.29) is 5.91 Å². The summed E-state index contributed by atoms with van der Waals surface area (Å²) < 4.78 is 5.49. The second-order valence-corrected chi connectivity index (χ2v) is 5.31. The predicted molar refractivity (Wildman–Crippen MR) is 75.5 cm³/mol. The zero-order valence-corrected chi connectivity index (χ0v) is 11.9. The maximum absolute atomic E-state index is 12.1. The normalized spacial score (nSPS) is 15.6. The van der Waals surface area contributed by atoms with Crippen molar-refractivity contribution in [2.45, 2.75) is 31.7 Å². The molecule has 1 amide bonds. The van der Waals surface area contributed by atoms with Crippen LogP contribution >= 0.6 is 15.9 Å². The molecule has 18 heavy (non-hydrogen) atoms. The third-order valence-corrected chi connectivity index (χ3v) is 3.46. The molecule has 0 heterocycles. The van der Waals surface area contributed by atoms with Crippen molar-refractivity contribution in [1.29, 1.82) is 0 Å². The summed E-state index contributed by atoms with van der Waals surface area (Å²) in [6.07, 6.45) is 4.65. The second kappa shape index (κ2) is 6.78. The third kappa shape index (κ3) is 3.73. The molecule has 2 rings (SSSR count). The molecule has 0 aliphatic heterocycles. The van der Waals surface area contributed by atoms with Crippen LogP contribution in [0.1, 0.15) is 36.0 Å². The molecule has 1 saturated carbocycles. The number of carbonyl (C=O) groups is 1. The monoisotopic (exact) mass is 311 g/mol. The molecule has 0 atom stereocenters. The van der Waals surface area contributed by atoms with Crippen LogP contribution in [0.4, 0.5) is 0 Å². The smallest absolute Gasteiger partial charge is 0.251 e. The van der Waals surface area contributed by atoms with E-state index < -0.39 is 0 Å². The van der Waals surface area contributed by atoms with Crippen molar-refractivity contribution in [3.63, 3.8) is 0 Å². The number of rotatable bonds is 5. The highest BCUT2D eigenvalue weighted by atomic mass is 79.9. The Labute approximate surface area is 116 Å². The molecule has 1 aromatic rings. The number of alkyl halides is 1. The highest BCUT2D eigenvalue weighted by molar-refractivity contribution is 9.09. The van der Waals surface area contributed by atoms with E-state index in [1.807, 2.05) is 18.2 Å². The van der Waals surface area contributed by atoms with Gasteiger partial charge in [0, 0.05) is 16.9 Å². The summed E-state index contributed by atoms with van der Waals surface area (Å²) in [5.41, 5.74) is 0.675. The summed E-state index contributed by atoms with van der Waals surface area (Å²) in [5, 5.41) is 3.86. The van der Waals surface area contributed by atoms with Crippen LogP contribution in [-0.4, -0.2) is 23.9 Å². The number of nitrogens with one attached hydrogen (secondary N) is 1. The predicted octanol–water partition coefficient (Wildman–Crippen LogP) is 3.13. The Morgan fingerprint density at radius 3 is 2.89 bits per heavy atom. The van der Waals surface area contributed by atoms with E-state index in [4.69, 9.17) is 4.74 Å². The van der Waals surface area contributed by atoms with Crippen LogP contribution in [0.15, 0.2) is 24.3 Å². The van der Waals surface area contributed by atoms with Gasteiger partial charge >= 0.3 is 0 Å². The molecule has 3 nitrogen and oxygen atoms in total. The van der Waals surface area contributed by atoms with E-state index in [1.54, 1.807) is 6.07 Å². The van der Waals surface area contributed by atoms with Gasteiger partial charge < -0.3 is 10.1 Å². The van der Waals surface area contributed by atoms with Crippen LogP contribution < -0.4 is 10.1 Å². The molecule has 0 bridgehead atoms. The van der Waals surface area contributed by atoms with Crippen molar-refractivity contribution in [3.05, 3.63) is 29.8 Å². The lowest BCUT2D eigenvalue weighted by Gasteiger charge is -2.12. The van der Waals surface area contributed by atoms with Gasteiger partial charge in [0.15, 0.2) is 0 Å². The fourth-order valence-electron chi connectivity index (χ4n) is 2.22. The Kier molecular flexibility index (Phi) is 5.05. The number of carbonyl (C=O) groups excluding carboxylic acids is 1. The lowest BCUT2D eigenvalue weighted by Crippen LogP contribution is -2.32. The van der Waals surface area contributed by atoms with Crippen molar-refractivity contribution in [1.82, 2.24) is 5.32 Å². The Bertz CT molecular complexity index is 403. The molecule has 0 unspecified atom stereocenters. The lowest BCUT2D eigenvalue weighted by molar-refractivity contribution is 0.0937. The van der Waals surface area contributed by atoms with E-state index in [0.29, 0.717) is 18.2 Å². The van der Waals surface area contributed by atoms with Crippen LogP contribution in [0.2, 0.25) is 0 Å². The van der Waals surface area contributed by atoms with Crippen molar-refractivity contribution in [2.24, 2.45) is 0 Å². The van der Waals surface area contributed by atoms with Gasteiger partial charge in [-0.2, -0.15) is 0 Å². The third-order valence-electron chi connectivity index (χ3n) is 3.13. The molecule has 0 spiro atoms. The van der Waals surface area contributed by atoms with Crippen LogP contribution in [0, 0.1) is 0 Å². The Morgan fingerprint density at radius 1 is 1.39 bits per heavy atom. The molecular weight excluding hydrogens is 294 g/mol. The van der Waals surface area contributed by atoms with Crippen LogP contribution in [-0.2, 0) is 0 Å². The zero-order chi connectivity index (χ0) is 12.8. The van der Waals surface area contributed by atoms with Crippen LogP contribution in [0.25, 0.3) is 0 Å². The minimum atomic E-state index is 0.00573. The fraction of sp³-hybridized carbons (Fsp3) is 0.500. The summed E-state index contributed by atoms with van der Waals surface area (Å²) in [5.74, 6) is 0.750. The first-order chi connectivity index (χ1) is 8.79. The number of benzene rings is 1. The molecule has 1 fully saturated rings. The summed E-state index contributed by atoms with van der Waals surface area (Å²) in [7, 11) is 0. The van der Waals surface area contributed by atoms with Gasteiger partial charge in [0.2, 0.25) is 0 Å². The standard InChI is InChI=1S/C14H18BrNO2/c15-8-9-18-13-7-3-4-11(10-13)14(17)16-12-5-1-2-6-12/h3-4,7,10,12H,1-2,5-6,8-9H2,(H,16,17). The fourth-order valence-corrected chi connectivity index (χ4v) is 2.38. The van der Waals surface area contributed by atoms with E-state index in [1.165, 1.54) is 12.8 Å². The number of hydrogen-bond acceptors (Lipinski definition) is 2. The van der Waals surface area contributed by atoms with Gasteiger partial charge in [0.05, 0.1) is 6.61 Å².